The number of nitrogens with one attached hydrogen (secondary N) is 1. The van der Waals surface area contributed by atoms with Gasteiger partial charge in [0.2, 0.25) is 0 Å². The summed E-state index contributed by atoms with van der Waals surface area (Å²) in [6.45, 7) is 10.0. The van der Waals surface area contributed by atoms with E-state index in [1.54, 1.807) is 0 Å². The van der Waals surface area contributed by atoms with E-state index in [1.165, 1.54) is 51.4 Å². The van der Waals surface area contributed by atoms with E-state index in [4.69, 9.17) is 4.74 Å². The minimum atomic E-state index is -0.00359. The Morgan fingerprint density at radius 1 is 0.800 bits per heavy atom. The molecule has 1 spiro atoms. The Balaban J connectivity index is 0.000000937. The van der Waals surface area contributed by atoms with Crippen molar-refractivity contribution < 1.29 is 9.84 Å². The van der Waals surface area contributed by atoms with Crippen molar-refractivity contribution in [2.45, 2.75) is 110 Å². The third-order valence-electron chi connectivity index (χ3n) is 10.8. The topological polar surface area (TPSA) is 41.5 Å². The van der Waals surface area contributed by atoms with Crippen LogP contribution in [0, 0.1) is 53.3 Å². The van der Waals surface area contributed by atoms with Gasteiger partial charge in [0.25, 0.3) is 0 Å². The molecule has 0 amide bonds. The Bertz CT molecular complexity index is 600. The van der Waals surface area contributed by atoms with Crippen LogP contribution in [0.2, 0.25) is 0 Å². The second-order valence-corrected chi connectivity index (χ2v) is 11.9. The maximum absolute atomic E-state index is 10.1. The van der Waals surface area contributed by atoms with Gasteiger partial charge in [0.15, 0.2) is 0 Å². The summed E-state index contributed by atoms with van der Waals surface area (Å²) in [6.07, 6.45) is 13.6. The van der Waals surface area contributed by atoms with Crippen LogP contribution < -0.4 is 5.32 Å². The molecule has 2 N–H and O–H groups in total. The molecule has 6 fully saturated rings. The molecule has 0 aromatic heterocycles. The van der Waals surface area contributed by atoms with E-state index in [0.717, 1.165) is 66.7 Å². The number of ether oxygens (including phenoxy) is 1. The van der Waals surface area contributed by atoms with Gasteiger partial charge in [-0.2, -0.15) is 0 Å². The van der Waals surface area contributed by atoms with Gasteiger partial charge >= 0.3 is 0 Å². The van der Waals surface area contributed by atoms with Crippen molar-refractivity contribution in [1.82, 2.24) is 5.32 Å². The first-order valence-corrected chi connectivity index (χ1v) is 13.7. The normalized spacial score (nSPS) is 56.9. The van der Waals surface area contributed by atoms with Crippen LogP contribution in [0.3, 0.4) is 0 Å². The van der Waals surface area contributed by atoms with Crippen molar-refractivity contribution in [3.8, 4) is 0 Å². The largest absolute Gasteiger partial charge is 0.393 e. The lowest BCUT2D eigenvalue weighted by Gasteiger charge is -2.53. The minimum Gasteiger partial charge on any atom is -0.393 e. The molecule has 4 aliphatic carbocycles. The summed E-state index contributed by atoms with van der Waals surface area (Å²) in [5, 5.41) is 14.0. The zero-order chi connectivity index (χ0) is 21.0. The first-order valence-electron chi connectivity index (χ1n) is 13.7. The second-order valence-electron chi connectivity index (χ2n) is 11.9. The Morgan fingerprint density at radius 3 is 2.27 bits per heavy atom. The van der Waals surface area contributed by atoms with Crippen molar-refractivity contribution in [2.24, 2.45) is 53.3 Å². The zero-order valence-corrected chi connectivity index (χ0v) is 20.0. The third-order valence-corrected chi connectivity index (χ3v) is 10.8. The quantitative estimate of drug-likeness (QED) is 0.538. The van der Waals surface area contributed by atoms with Crippen molar-refractivity contribution in [3.63, 3.8) is 0 Å². The van der Waals surface area contributed by atoms with Gasteiger partial charge in [0.1, 0.15) is 5.72 Å². The van der Waals surface area contributed by atoms with Crippen LogP contribution in [0.4, 0.5) is 0 Å². The summed E-state index contributed by atoms with van der Waals surface area (Å²) in [6, 6.07) is 0. The molecule has 11 unspecified atom stereocenters. The van der Waals surface area contributed by atoms with Crippen LogP contribution in [0.25, 0.3) is 0 Å². The number of aliphatic hydroxyl groups excluding tert-OH is 1. The zero-order valence-electron chi connectivity index (χ0n) is 20.0. The van der Waals surface area contributed by atoms with E-state index in [0.29, 0.717) is 12.0 Å². The lowest BCUT2D eigenvalue weighted by atomic mass is 9.53. The van der Waals surface area contributed by atoms with Gasteiger partial charge in [-0.3, -0.25) is 5.32 Å². The molecule has 0 bridgehead atoms. The fraction of sp³-hybridized carbons (Fsp3) is 1.00. The summed E-state index contributed by atoms with van der Waals surface area (Å²) in [5.74, 6) is 7.82. The molecule has 30 heavy (non-hydrogen) atoms. The molecule has 4 saturated carbocycles. The number of hydrogen-bond acceptors (Lipinski definition) is 3. The minimum absolute atomic E-state index is 0.000824. The summed E-state index contributed by atoms with van der Waals surface area (Å²) < 4.78 is 6.92. The molecular formula is C27H47NO2. The summed E-state index contributed by atoms with van der Waals surface area (Å²) in [4.78, 5) is 0. The van der Waals surface area contributed by atoms with Gasteiger partial charge in [-0.15, -0.1) is 0 Å². The van der Waals surface area contributed by atoms with E-state index in [1.807, 2.05) is 13.8 Å². The highest BCUT2D eigenvalue weighted by Crippen LogP contribution is 2.63. The highest BCUT2D eigenvalue weighted by Gasteiger charge is 2.63. The molecule has 0 aromatic carbocycles. The van der Waals surface area contributed by atoms with Crippen molar-refractivity contribution in [1.29, 1.82) is 0 Å². The lowest BCUT2D eigenvalue weighted by Crippen LogP contribution is -2.55. The molecule has 12 atom stereocenters. The summed E-state index contributed by atoms with van der Waals surface area (Å²) in [7, 11) is 0. The van der Waals surface area contributed by atoms with E-state index in [2.05, 4.69) is 19.2 Å². The second kappa shape index (κ2) is 8.34. The smallest absolute Gasteiger partial charge is 0.122 e. The fourth-order valence-corrected chi connectivity index (χ4v) is 9.50. The Kier molecular flexibility index (Phi) is 6.04. The Hall–Kier alpha value is -0.120. The molecule has 0 aromatic rings. The standard InChI is InChI=1S/C25H41NO2.C2H6/c1-14-9-10-25(26-13-14)15(2)24-21-8-7-19-18-6-4-17(27)11-16(18)3-5-20(19)22(21)12-23(24)28-25;1-2/h14-24,26-27H,3-13H2,1-2H3;1-2H3/t14?,15?,16?,17-,18?,19?,20?,21?,22?,23?,24?,25?;/m0./s1. The summed E-state index contributed by atoms with van der Waals surface area (Å²) >= 11 is 0. The fourth-order valence-electron chi connectivity index (χ4n) is 9.50. The van der Waals surface area contributed by atoms with Crippen molar-refractivity contribution in [3.05, 3.63) is 0 Å². The van der Waals surface area contributed by atoms with Gasteiger partial charge in [-0.05, 0) is 112 Å². The predicted molar refractivity (Wildman–Crippen MR) is 122 cm³/mol. The Labute approximate surface area is 185 Å². The average Bonchev–Trinajstić information content (AvgIpc) is 3.25. The van der Waals surface area contributed by atoms with Crippen molar-refractivity contribution >= 4 is 0 Å². The van der Waals surface area contributed by atoms with Crippen LogP contribution >= 0.6 is 0 Å². The van der Waals surface area contributed by atoms with Crippen LogP contribution in [-0.4, -0.2) is 29.6 Å². The van der Waals surface area contributed by atoms with Gasteiger partial charge in [-0.1, -0.05) is 27.7 Å². The van der Waals surface area contributed by atoms with E-state index in [9.17, 15) is 5.11 Å². The van der Waals surface area contributed by atoms with Gasteiger partial charge in [0.05, 0.1) is 12.2 Å². The number of piperidine rings is 1. The van der Waals surface area contributed by atoms with E-state index >= 15 is 0 Å². The van der Waals surface area contributed by atoms with Gasteiger partial charge < -0.3 is 9.84 Å². The van der Waals surface area contributed by atoms with Crippen LogP contribution in [0.1, 0.15) is 91.9 Å². The summed E-state index contributed by atoms with van der Waals surface area (Å²) in [5.41, 5.74) is 0.000824. The molecule has 3 nitrogen and oxygen atoms in total. The monoisotopic (exact) mass is 417 g/mol. The highest BCUT2D eigenvalue weighted by molar-refractivity contribution is 5.10. The average molecular weight is 418 g/mol. The maximum Gasteiger partial charge on any atom is 0.122 e. The van der Waals surface area contributed by atoms with Gasteiger partial charge in [0, 0.05) is 12.5 Å². The molecular weight excluding hydrogens is 370 g/mol. The molecule has 0 radical (unpaired) electrons. The molecule has 172 valence electrons. The number of fused-ring (bicyclic) bond motifs is 7. The molecule has 6 rings (SSSR count). The van der Waals surface area contributed by atoms with Gasteiger partial charge in [-0.25, -0.2) is 0 Å². The molecule has 2 aliphatic heterocycles. The number of aliphatic hydroxyl groups is 1. The predicted octanol–water partition coefficient (Wildman–Crippen LogP) is 5.61. The first kappa shape index (κ1) is 21.7. The van der Waals surface area contributed by atoms with Crippen LogP contribution in [0.15, 0.2) is 0 Å². The first-order chi connectivity index (χ1) is 14.6. The molecule has 3 heteroatoms. The molecule has 2 heterocycles. The Morgan fingerprint density at radius 2 is 1.50 bits per heavy atom. The molecule has 6 aliphatic rings. The maximum atomic E-state index is 10.1. The number of hydrogen-bond donors (Lipinski definition) is 2. The van der Waals surface area contributed by atoms with Crippen LogP contribution in [0.5, 0.6) is 0 Å². The SMILES string of the molecule is CC.CC1CCC2(NC1)OC1CC3C4CCC5C[C@@H](O)CCC5C4CCC3C1C2C. The third kappa shape index (κ3) is 3.32. The lowest BCUT2D eigenvalue weighted by molar-refractivity contribution is -0.112. The van der Waals surface area contributed by atoms with Crippen LogP contribution in [-0.2, 0) is 4.74 Å². The van der Waals surface area contributed by atoms with E-state index in [-0.39, 0.29) is 11.8 Å². The van der Waals surface area contributed by atoms with E-state index < -0.39 is 0 Å². The number of rotatable bonds is 0. The molecule has 2 saturated heterocycles. The highest BCUT2D eigenvalue weighted by atomic mass is 16.5. The van der Waals surface area contributed by atoms with Crippen molar-refractivity contribution in [2.75, 3.05) is 6.54 Å².